The number of methoxy groups -OCH3 is 2. The fourth-order valence-corrected chi connectivity index (χ4v) is 10.1. The number of rotatable bonds is 9. The number of benzene rings is 3. The first-order valence-corrected chi connectivity index (χ1v) is 19.6. The second kappa shape index (κ2) is 20.4. The Hall–Kier alpha value is -2.34. The smallest absolute Gasteiger partial charge is 0.485 e. The van der Waals surface area contributed by atoms with Crippen LogP contribution in [0.1, 0.15) is 123 Å². The summed E-state index contributed by atoms with van der Waals surface area (Å²) < 4.78 is 71.1. The molecule has 0 heterocycles. The first-order valence-electron chi connectivity index (χ1n) is 16.8. The van der Waals surface area contributed by atoms with E-state index >= 15 is 0 Å². The summed E-state index contributed by atoms with van der Waals surface area (Å²) in [6, 6.07) is 18.9. The monoisotopic (exact) mass is 854 g/mol. The van der Waals surface area contributed by atoms with Crippen molar-refractivity contribution in [3.63, 3.8) is 0 Å². The van der Waals surface area contributed by atoms with Crippen LogP contribution < -0.4 is 14.8 Å². The van der Waals surface area contributed by atoms with E-state index in [0.29, 0.717) is 17.8 Å². The molecule has 0 bridgehead atoms. The average molecular weight is 855 g/mol. The first-order chi connectivity index (χ1) is 23.2. The molecule has 0 aliphatic heterocycles. The van der Waals surface area contributed by atoms with Gasteiger partial charge in [-0.3, -0.25) is 0 Å². The second-order valence-electron chi connectivity index (χ2n) is 15.0. The fourth-order valence-electron chi connectivity index (χ4n) is 5.92. The molecule has 0 fully saturated rings. The maximum atomic E-state index is 10.7. The van der Waals surface area contributed by atoms with Crippen LogP contribution in [0.15, 0.2) is 54.6 Å². The minimum absolute atomic E-state index is 0. The zero-order valence-corrected chi connectivity index (χ0v) is 36.2. The molecule has 0 aromatic heterocycles. The van der Waals surface area contributed by atoms with Crippen LogP contribution in [0, 0.1) is 19.1 Å². The third kappa shape index (κ3) is 13.8. The molecule has 0 saturated carbocycles. The van der Waals surface area contributed by atoms with Crippen molar-refractivity contribution in [2.24, 2.45) is 0 Å². The van der Waals surface area contributed by atoms with Crippen molar-refractivity contribution in [1.29, 1.82) is 0 Å². The SMILES string of the molecule is COc1ccc(OC)c(P(C(C)(C)C)C(C)(C)C)c1-c1c(C(C)C)cc(C(C)C)cc1C(C)C.O=S(=O)([O-])C(F)(F)F.[CH-]=[C-][CH-]c1ccccc1.[Pd]. The minimum atomic E-state index is -6.09. The standard InChI is InChI=1S/C31H49O2P.C9H7.CHF3O3S.Pd/c1-19(2)22-17-23(20(3)4)27(24(18-22)21(5)6)28-25(32-13)15-16-26(33-14)29(28)34(30(7,8)9)31(10,11)12;1-2-6-9-7-4-3-5-8-9;2-1(3,4)8(5,6)7;/h15-21H,1-14H3;1,3-8H;(H,5,6,7);/q;-3;;/p-1. The second-order valence-corrected chi connectivity index (χ2v) is 20.2. The van der Waals surface area contributed by atoms with Crippen LogP contribution in [0.5, 0.6) is 11.5 Å². The van der Waals surface area contributed by atoms with Gasteiger partial charge in [0.2, 0.25) is 0 Å². The molecule has 0 aliphatic rings. The van der Waals surface area contributed by atoms with Gasteiger partial charge in [-0.15, -0.1) is 0 Å². The number of alkyl halides is 3. The third-order valence-electron chi connectivity index (χ3n) is 7.82. The van der Waals surface area contributed by atoms with E-state index in [9.17, 15) is 13.2 Å². The topological polar surface area (TPSA) is 75.7 Å². The molecule has 0 unspecified atom stereocenters. The zero-order chi connectivity index (χ0) is 39.7. The Kier molecular flexibility index (Phi) is 19.5. The number of hydrogen-bond acceptors (Lipinski definition) is 5. The van der Waals surface area contributed by atoms with Crippen LogP contribution in [0.25, 0.3) is 11.1 Å². The zero-order valence-electron chi connectivity index (χ0n) is 32.9. The van der Waals surface area contributed by atoms with Crippen molar-refractivity contribution in [3.05, 3.63) is 95.9 Å². The van der Waals surface area contributed by atoms with E-state index in [2.05, 4.69) is 113 Å². The van der Waals surface area contributed by atoms with Crippen molar-refractivity contribution in [3.8, 4) is 22.6 Å². The van der Waals surface area contributed by atoms with Crippen molar-refractivity contribution in [2.75, 3.05) is 14.2 Å². The van der Waals surface area contributed by atoms with E-state index in [-0.39, 0.29) is 30.7 Å². The summed E-state index contributed by atoms with van der Waals surface area (Å²) in [6.07, 6.45) is 4.20. The number of ether oxygens (including phenoxy) is 2. The summed E-state index contributed by atoms with van der Waals surface area (Å²) in [6.45, 7) is 33.2. The first kappa shape index (κ1) is 49.7. The van der Waals surface area contributed by atoms with E-state index in [1.807, 2.05) is 37.4 Å². The summed E-state index contributed by atoms with van der Waals surface area (Å²) >= 11 is 0. The van der Waals surface area contributed by atoms with Crippen molar-refractivity contribution < 1.29 is 56.0 Å². The van der Waals surface area contributed by atoms with Crippen LogP contribution in [0.2, 0.25) is 0 Å². The summed E-state index contributed by atoms with van der Waals surface area (Å²) in [4.78, 5) is 0. The number of halogens is 3. The van der Waals surface area contributed by atoms with Gasteiger partial charge < -0.3 is 38.7 Å². The van der Waals surface area contributed by atoms with Gasteiger partial charge in [-0.2, -0.15) is 25.3 Å². The predicted octanol–water partition coefficient (Wildman–Crippen LogP) is 11.5. The molecule has 3 rings (SSSR count). The molecule has 0 saturated heterocycles. The van der Waals surface area contributed by atoms with Gasteiger partial charge >= 0.3 is 5.51 Å². The van der Waals surface area contributed by atoms with Gasteiger partial charge in [0, 0.05) is 31.3 Å². The van der Waals surface area contributed by atoms with Gasteiger partial charge in [0.05, 0.1) is 14.2 Å². The quantitative estimate of drug-likeness (QED) is 0.0704. The van der Waals surface area contributed by atoms with E-state index < -0.39 is 23.5 Å². The van der Waals surface area contributed by atoms with E-state index in [1.54, 1.807) is 13.5 Å². The average Bonchev–Trinajstić information content (AvgIpc) is 2.99. The Morgan fingerprint density at radius 3 is 1.46 bits per heavy atom. The van der Waals surface area contributed by atoms with Gasteiger partial charge in [-0.25, -0.2) is 8.42 Å². The van der Waals surface area contributed by atoms with E-state index in [4.69, 9.17) is 29.0 Å². The molecular weight excluding hydrogens is 799 g/mol. The molecule has 0 spiro atoms. The van der Waals surface area contributed by atoms with Crippen LogP contribution in [0.3, 0.4) is 0 Å². The van der Waals surface area contributed by atoms with Gasteiger partial charge in [0.1, 0.15) is 11.5 Å². The van der Waals surface area contributed by atoms with E-state index in [1.165, 1.54) is 33.1 Å². The van der Waals surface area contributed by atoms with Crippen molar-refractivity contribution in [2.45, 2.75) is 117 Å². The minimum Gasteiger partial charge on any atom is -0.741 e. The van der Waals surface area contributed by atoms with Crippen LogP contribution >= 0.6 is 7.92 Å². The Bertz CT molecular complexity index is 1630. The Labute approximate surface area is 327 Å². The molecule has 52 heavy (non-hydrogen) atoms. The van der Waals surface area contributed by atoms with Crippen molar-refractivity contribution in [1.82, 2.24) is 0 Å². The summed E-state index contributed by atoms with van der Waals surface area (Å²) in [5.41, 5.74) is 2.24. The largest absolute Gasteiger partial charge is 0.741 e. The molecule has 296 valence electrons. The van der Waals surface area contributed by atoms with Gasteiger partial charge in [-0.05, 0) is 62.5 Å². The van der Waals surface area contributed by atoms with E-state index in [0.717, 1.165) is 17.1 Å². The molecule has 0 amide bonds. The van der Waals surface area contributed by atoms with Crippen LogP contribution in [0.4, 0.5) is 13.2 Å². The molecule has 3 aromatic rings. The molecule has 0 aliphatic carbocycles. The molecule has 11 heteroatoms. The van der Waals surface area contributed by atoms with Crippen LogP contribution in [-0.2, 0) is 30.5 Å². The Balaban J connectivity index is 0.00000118. The molecule has 3 aromatic carbocycles. The molecule has 0 radical (unpaired) electrons. The normalized spacial score (nSPS) is 12.0. The van der Waals surface area contributed by atoms with Crippen LogP contribution in [-0.4, -0.2) is 43.0 Å². The summed E-state index contributed by atoms with van der Waals surface area (Å²) in [5.74, 6) is 3.19. The number of hydrogen-bond donors (Lipinski definition) is 0. The third-order valence-corrected chi connectivity index (χ3v) is 12.0. The summed E-state index contributed by atoms with van der Waals surface area (Å²) in [5, 5.41) is 1.52. The molecular formula is C41H56F3O5PPdS-4. The van der Waals surface area contributed by atoms with Crippen molar-refractivity contribution >= 4 is 23.3 Å². The Morgan fingerprint density at radius 2 is 1.15 bits per heavy atom. The predicted molar refractivity (Wildman–Crippen MR) is 206 cm³/mol. The van der Waals surface area contributed by atoms with Gasteiger partial charge in [0.25, 0.3) is 0 Å². The fraction of sp³-hybridized carbons (Fsp3) is 0.488. The maximum absolute atomic E-state index is 10.7. The maximum Gasteiger partial charge on any atom is 0.485 e. The summed E-state index contributed by atoms with van der Waals surface area (Å²) in [7, 11) is -3.10. The van der Waals surface area contributed by atoms with Gasteiger partial charge in [-0.1, -0.05) is 121 Å². The molecule has 0 N–H and O–H groups in total. The Morgan fingerprint density at radius 1 is 0.750 bits per heavy atom. The number of allylic oxidation sites excluding steroid dienone is 1. The molecule has 0 atom stereocenters. The molecule has 5 nitrogen and oxygen atoms in total. The van der Waals surface area contributed by atoms with Gasteiger partial charge in [0.15, 0.2) is 10.1 Å².